The third kappa shape index (κ3) is 5.50. The van der Waals surface area contributed by atoms with Crippen molar-refractivity contribution in [2.75, 3.05) is 0 Å². The van der Waals surface area contributed by atoms with Gasteiger partial charge in [-0.1, -0.05) is 66.5 Å². The Morgan fingerprint density at radius 3 is 2.05 bits per heavy atom. The Morgan fingerprint density at radius 2 is 1.57 bits per heavy atom. The van der Waals surface area contributed by atoms with Crippen LogP contribution in [0.5, 0.6) is 0 Å². The Hall–Kier alpha value is -2.21. The average Bonchev–Trinajstić information content (AvgIpc) is 3.44. The van der Waals surface area contributed by atoms with E-state index in [0.29, 0.717) is 12.3 Å². The molecular formula is C31H47N3O3. The molecule has 37 heavy (non-hydrogen) atoms. The van der Waals surface area contributed by atoms with Gasteiger partial charge in [0, 0.05) is 5.92 Å². The van der Waals surface area contributed by atoms with E-state index in [1.54, 1.807) is 24.3 Å². The summed E-state index contributed by atoms with van der Waals surface area (Å²) in [5, 5.41) is 9.47. The van der Waals surface area contributed by atoms with E-state index >= 15 is 0 Å². The van der Waals surface area contributed by atoms with E-state index in [0.717, 1.165) is 69.1 Å². The largest absolute Gasteiger partial charge is 0.478 e. The Bertz CT molecular complexity index is 1030. The molecule has 1 amide bonds. The summed E-state index contributed by atoms with van der Waals surface area (Å²) >= 11 is 0. The van der Waals surface area contributed by atoms with Crippen LogP contribution in [0.3, 0.4) is 0 Å². The van der Waals surface area contributed by atoms with Crippen molar-refractivity contribution in [2.24, 2.45) is 33.4 Å². The number of carboxylic acids is 1. The highest BCUT2D eigenvalue weighted by Crippen LogP contribution is 2.51. The van der Waals surface area contributed by atoms with Crippen LogP contribution >= 0.6 is 0 Å². The van der Waals surface area contributed by atoms with Gasteiger partial charge in [0.15, 0.2) is 0 Å². The predicted molar refractivity (Wildman–Crippen MR) is 148 cm³/mol. The average molecular weight is 510 g/mol. The zero-order valence-corrected chi connectivity index (χ0v) is 23.8. The Balaban J connectivity index is 1.80. The fourth-order valence-electron chi connectivity index (χ4n) is 6.78. The Kier molecular flexibility index (Phi) is 7.39. The second-order valence-corrected chi connectivity index (χ2v) is 14.1. The van der Waals surface area contributed by atoms with Crippen LogP contribution in [0.25, 0.3) is 0 Å². The Labute approximate surface area is 223 Å². The molecule has 4 rings (SSSR count). The number of amides is 1. The van der Waals surface area contributed by atoms with E-state index in [-0.39, 0.29) is 28.2 Å². The summed E-state index contributed by atoms with van der Waals surface area (Å²) in [5.74, 6) is -0.168. The molecule has 2 aliphatic carbocycles. The van der Waals surface area contributed by atoms with Gasteiger partial charge in [-0.15, -0.1) is 0 Å². The first-order valence-electron chi connectivity index (χ1n) is 14.2. The SMILES string of the molecule is CC(C)(C)CC[C@](N)(c1ccc(C(=O)O)cc1)N1C(=O)C(C2CCCC2)=NC12CCC(C(C)(C)C)CC2. The summed E-state index contributed by atoms with van der Waals surface area (Å²) < 4.78 is 0. The lowest BCUT2D eigenvalue weighted by molar-refractivity contribution is -0.142. The van der Waals surface area contributed by atoms with Crippen molar-refractivity contribution < 1.29 is 14.7 Å². The van der Waals surface area contributed by atoms with E-state index in [4.69, 9.17) is 10.7 Å². The summed E-state index contributed by atoms with van der Waals surface area (Å²) in [6.07, 6.45) is 9.41. The van der Waals surface area contributed by atoms with Crippen molar-refractivity contribution in [1.82, 2.24) is 4.90 Å². The second-order valence-electron chi connectivity index (χ2n) is 14.1. The molecule has 2 saturated carbocycles. The molecule has 3 N–H and O–H groups in total. The van der Waals surface area contributed by atoms with Crippen molar-refractivity contribution in [3.8, 4) is 0 Å². The van der Waals surface area contributed by atoms with Crippen molar-refractivity contribution >= 4 is 17.6 Å². The van der Waals surface area contributed by atoms with Crippen LogP contribution in [-0.4, -0.2) is 33.3 Å². The number of nitrogens with zero attached hydrogens (tertiary/aromatic N) is 2. The number of nitrogens with two attached hydrogens (primary N) is 1. The third-order valence-corrected chi connectivity index (χ3v) is 9.21. The van der Waals surface area contributed by atoms with Gasteiger partial charge in [-0.2, -0.15) is 0 Å². The Morgan fingerprint density at radius 1 is 1.00 bits per heavy atom. The van der Waals surface area contributed by atoms with Gasteiger partial charge in [-0.25, -0.2) is 4.79 Å². The quantitative estimate of drug-likeness (QED) is 0.444. The molecule has 1 aromatic carbocycles. The monoisotopic (exact) mass is 509 g/mol. The van der Waals surface area contributed by atoms with Crippen molar-refractivity contribution in [2.45, 2.75) is 117 Å². The molecule has 6 heteroatoms. The molecule has 0 radical (unpaired) electrons. The molecule has 1 aromatic rings. The van der Waals surface area contributed by atoms with Gasteiger partial charge in [0.1, 0.15) is 17.0 Å². The molecule has 1 heterocycles. The fraction of sp³-hybridized carbons (Fsp3) is 0.710. The number of aromatic carboxylic acids is 1. The van der Waals surface area contributed by atoms with Gasteiger partial charge in [0.05, 0.1) is 5.56 Å². The summed E-state index contributed by atoms with van der Waals surface area (Å²) in [6, 6.07) is 6.83. The molecule has 0 bridgehead atoms. The predicted octanol–water partition coefficient (Wildman–Crippen LogP) is 6.73. The van der Waals surface area contributed by atoms with Crippen LogP contribution in [0.4, 0.5) is 0 Å². The van der Waals surface area contributed by atoms with Crippen LogP contribution in [0.2, 0.25) is 0 Å². The van der Waals surface area contributed by atoms with E-state index in [9.17, 15) is 14.7 Å². The normalized spacial score (nSPS) is 27.0. The second kappa shape index (κ2) is 9.83. The lowest BCUT2D eigenvalue weighted by Crippen LogP contribution is -2.64. The molecule has 0 unspecified atom stereocenters. The number of aliphatic imine (C=N–C) groups is 1. The molecule has 2 fully saturated rings. The molecule has 1 spiro atoms. The highest BCUT2D eigenvalue weighted by atomic mass is 16.4. The van der Waals surface area contributed by atoms with Crippen LogP contribution in [-0.2, 0) is 10.5 Å². The smallest absolute Gasteiger partial charge is 0.335 e. The van der Waals surface area contributed by atoms with Gasteiger partial charge in [-0.05, 0) is 85.8 Å². The summed E-state index contributed by atoms with van der Waals surface area (Å²) in [4.78, 5) is 33.2. The lowest BCUT2D eigenvalue weighted by Gasteiger charge is -2.52. The minimum absolute atomic E-state index is 0.000158. The van der Waals surface area contributed by atoms with Gasteiger partial charge in [0.25, 0.3) is 5.91 Å². The number of carboxylic acid groups (broad SMARTS) is 1. The summed E-state index contributed by atoms with van der Waals surface area (Å²) in [5.41, 5.74) is 7.71. The molecule has 0 aromatic heterocycles. The number of carbonyl (C=O) groups excluding carboxylic acids is 1. The fourth-order valence-corrected chi connectivity index (χ4v) is 6.78. The van der Waals surface area contributed by atoms with Crippen LogP contribution < -0.4 is 5.73 Å². The summed E-state index contributed by atoms with van der Waals surface area (Å²) in [7, 11) is 0. The number of hydrogen-bond acceptors (Lipinski definition) is 4. The first kappa shape index (κ1) is 27.8. The van der Waals surface area contributed by atoms with E-state index in [1.165, 1.54) is 0 Å². The maximum atomic E-state index is 14.4. The highest BCUT2D eigenvalue weighted by molar-refractivity contribution is 6.41. The first-order valence-corrected chi connectivity index (χ1v) is 14.2. The minimum atomic E-state index is -1.07. The van der Waals surface area contributed by atoms with Gasteiger partial charge >= 0.3 is 5.97 Å². The van der Waals surface area contributed by atoms with Crippen LogP contribution in [0, 0.1) is 22.7 Å². The van der Waals surface area contributed by atoms with Gasteiger partial charge < -0.3 is 10.8 Å². The molecule has 1 atom stereocenters. The van der Waals surface area contributed by atoms with Crippen molar-refractivity contribution in [3.63, 3.8) is 0 Å². The molecule has 204 valence electrons. The zero-order chi connectivity index (χ0) is 27.2. The van der Waals surface area contributed by atoms with E-state index in [2.05, 4.69) is 41.5 Å². The number of hydrogen-bond donors (Lipinski definition) is 2. The van der Waals surface area contributed by atoms with Crippen molar-refractivity contribution in [1.29, 1.82) is 0 Å². The van der Waals surface area contributed by atoms with Crippen LogP contribution in [0.15, 0.2) is 29.3 Å². The maximum Gasteiger partial charge on any atom is 0.335 e. The van der Waals surface area contributed by atoms with Crippen molar-refractivity contribution in [3.05, 3.63) is 35.4 Å². The number of benzene rings is 1. The van der Waals surface area contributed by atoms with Gasteiger partial charge in [-0.3, -0.25) is 14.7 Å². The molecular weight excluding hydrogens is 462 g/mol. The standard InChI is InChI=1S/C31H47N3O3/c1-28(2,3)19-20-31(32,24-13-11-22(12-14-24)27(36)37)34-26(35)25(21-9-7-8-10-21)33-30(34)17-15-23(16-18-30)29(4,5)6/h11-14,21,23H,7-10,15-20,32H2,1-6H3,(H,36,37)/t23?,30?,31-/m1/s1. The number of rotatable bonds is 6. The van der Waals surface area contributed by atoms with Gasteiger partial charge in [0.2, 0.25) is 0 Å². The van der Waals surface area contributed by atoms with Crippen LogP contribution in [0.1, 0.15) is 122 Å². The topological polar surface area (TPSA) is 96.0 Å². The maximum absolute atomic E-state index is 14.4. The zero-order valence-electron chi connectivity index (χ0n) is 23.8. The third-order valence-electron chi connectivity index (χ3n) is 9.21. The molecule has 0 saturated heterocycles. The summed E-state index contributed by atoms with van der Waals surface area (Å²) in [6.45, 7) is 13.5. The molecule has 6 nitrogen and oxygen atoms in total. The lowest BCUT2D eigenvalue weighted by atomic mass is 9.69. The number of carbonyl (C=O) groups is 2. The molecule has 1 aliphatic heterocycles. The highest BCUT2D eigenvalue weighted by Gasteiger charge is 2.57. The minimum Gasteiger partial charge on any atom is -0.478 e. The molecule has 3 aliphatic rings. The van der Waals surface area contributed by atoms with E-state index < -0.39 is 17.3 Å². The van der Waals surface area contributed by atoms with E-state index in [1.807, 2.05) is 4.90 Å². The first-order chi connectivity index (χ1) is 17.2.